The molecule has 3 nitrogen and oxygen atoms in total. The molecule has 1 amide bonds. The van der Waals surface area contributed by atoms with Gasteiger partial charge in [-0.2, -0.15) is 0 Å². The molecule has 0 spiro atoms. The van der Waals surface area contributed by atoms with Crippen LogP contribution >= 0.6 is 0 Å². The second-order valence-corrected chi connectivity index (χ2v) is 3.06. The third-order valence-electron chi connectivity index (χ3n) is 2.08. The maximum Gasteiger partial charge on any atom is 0.217 e. The van der Waals surface area contributed by atoms with Gasteiger partial charge in [0.2, 0.25) is 5.91 Å². The molecule has 0 heterocycles. The minimum absolute atomic E-state index is 0.221. The van der Waals surface area contributed by atoms with Crippen LogP contribution in [0.25, 0.3) is 0 Å². The standard InChI is InChI=1S/C7H13NO2/c8-7(10)3-5-1-6(2-5)4-9/h5-6,9H,1-4H2,(H2,8,10)/t5-,6-. The van der Waals surface area contributed by atoms with Crippen LogP contribution in [0.1, 0.15) is 19.3 Å². The molecule has 3 heteroatoms. The average molecular weight is 143 g/mol. The van der Waals surface area contributed by atoms with E-state index in [1.54, 1.807) is 0 Å². The summed E-state index contributed by atoms with van der Waals surface area (Å²) in [5, 5.41) is 8.62. The number of rotatable bonds is 3. The van der Waals surface area contributed by atoms with E-state index >= 15 is 0 Å². The first-order chi connectivity index (χ1) is 4.72. The van der Waals surface area contributed by atoms with E-state index in [2.05, 4.69) is 0 Å². The monoisotopic (exact) mass is 143 g/mol. The van der Waals surface area contributed by atoms with Gasteiger partial charge in [-0.25, -0.2) is 0 Å². The van der Waals surface area contributed by atoms with E-state index in [0.717, 1.165) is 12.8 Å². The van der Waals surface area contributed by atoms with E-state index in [-0.39, 0.29) is 12.5 Å². The summed E-state index contributed by atoms with van der Waals surface area (Å²) in [5.74, 6) is 0.667. The van der Waals surface area contributed by atoms with Crippen molar-refractivity contribution in [3.63, 3.8) is 0 Å². The third kappa shape index (κ3) is 1.70. The lowest BCUT2D eigenvalue weighted by atomic mass is 9.74. The Morgan fingerprint density at radius 1 is 1.50 bits per heavy atom. The van der Waals surface area contributed by atoms with Crippen LogP contribution in [-0.2, 0) is 4.79 Å². The van der Waals surface area contributed by atoms with Crippen LogP contribution in [0, 0.1) is 11.8 Å². The van der Waals surface area contributed by atoms with Gasteiger partial charge in [0, 0.05) is 13.0 Å². The first kappa shape index (κ1) is 7.54. The molecule has 1 rings (SSSR count). The topological polar surface area (TPSA) is 63.3 Å². The molecular weight excluding hydrogens is 130 g/mol. The molecule has 10 heavy (non-hydrogen) atoms. The van der Waals surface area contributed by atoms with Crippen LogP contribution in [-0.4, -0.2) is 17.6 Å². The van der Waals surface area contributed by atoms with Gasteiger partial charge in [-0.3, -0.25) is 4.79 Å². The molecule has 0 radical (unpaired) electrons. The lowest BCUT2D eigenvalue weighted by Crippen LogP contribution is -2.30. The van der Waals surface area contributed by atoms with Gasteiger partial charge in [-0.05, 0) is 24.7 Å². The molecule has 0 aromatic carbocycles. The molecule has 0 unspecified atom stereocenters. The number of carbonyl (C=O) groups excluding carboxylic acids is 1. The summed E-state index contributed by atoms with van der Waals surface area (Å²) in [6.07, 6.45) is 2.44. The fourth-order valence-electron chi connectivity index (χ4n) is 1.47. The Balaban J connectivity index is 2.08. The SMILES string of the molecule is NC(=O)C[C@H]1C[C@H](CO)C1. The molecular formula is C7H13NO2. The zero-order valence-corrected chi connectivity index (χ0v) is 5.92. The van der Waals surface area contributed by atoms with Crippen molar-refractivity contribution < 1.29 is 9.90 Å². The number of carbonyl (C=O) groups is 1. The van der Waals surface area contributed by atoms with E-state index < -0.39 is 0 Å². The van der Waals surface area contributed by atoms with Crippen molar-refractivity contribution in [2.24, 2.45) is 17.6 Å². The number of hydrogen-bond acceptors (Lipinski definition) is 2. The van der Waals surface area contributed by atoms with Gasteiger partial charge >= 0.3 is 0 Å². The van der Waals surface area contributed by atoms with Crippen LogP contribution in [0.3, 0.4) is 0 Å². The predicted octanol–water partition coefficient (Wildman–Crippen LogP) is -0.120. The number of primary amides is 1. The number of aliphatic hydroxyl groups is 1. The van der Waals surface area contributed by atoms with E-state index in [0.29, 0.717) is 18.3 Å². The summed E-state index contributed by atoms with van der Waals surface area (Å²) in [6, 6.07) is 0. The maximum atomic E-state index is 10.4. The molecule has 3 N–H and O–H groups in total. The second kappa shape index (κ2) is 3.01. The molecule has 1 aliphatic carbocycles. The van der Waals surface area contributed by atoms with Gasteiger partial charge < -0.3 is 10.8 Å². The fourth-order valence-corrected chi connectivity index (χ4v) is 1.47. The van der Waals surface area contributed by atoms with Gasteiger partial charge in [0.25, 0.3) is 0 Å². The number of aliphatic hydroxyl groups excluding tert-OH is 1. The minimum Gasteiger partial charge on any atom is -0.396 e. The molecule has 1 fully saturated rings. The zero-order valence-electron chi connectivity index (χ0n) is 5.92. The van der Waals surface area contributed by atoms with E-state index in [1.165, 1.54) is 0 Å². The van der Waals surface area contributed by atoms with Crippen molar-refractivity contribution in [1.29, 1.82) is 0 Å². The minimum atomic E-state index is -0.221. The largest absolute Gasteiger partial charge is 0.396 e. The highest BCUT2D eigenvalue weighted by molar-refractivity contribution is 5.74. The lowest BCUT2D eigenvalue weighted by Gasteiger charge is -2.32. The lowest BCUT2D eigenvalue weighted by molar-refractivity contribution is -0.120. The van der Waals surface area contributed by atoms with Crippen molar-refractivity contribution in [2.75, 3.05) is 6.61 Å². The van der Waals surface area contributed by atoms with Crippen LogP contribution in [0.15, 0.2) is 0 Å². The Bertz CT molecular complexity index is 130. The first-order valence-electron chi connectivity index (χ1n) is 3.61. The Morgan fingerprint density at radius 3 is 2.50 bits per heavy atom. The van der Waals surface area contributed by atoms with Crippen molar-refractivity contribution in [3.05, 3.63) is 0 Å². The Morgan fingerprint density at radius 2 is 2.10 bits per heavy atom. The molecule has 0 aromatic heterocycles. The fraction of sp³-hybridized carbons (Fsp3) is 0.857. The van der Waals surface area contributed by atoms with Crippen molar-refractivity contribution >= 4 is 5.91 Å². The number of hydrogen-bond donors (Lipinski definition) is 2. The van der Waals surface area contributed by atoms with Crippen molar-refractivity contribution in [3.8, 4) is 0 Å². The molecule has 0 aromatic rings. The first-order valence-corrected chi connectivity index (χ1v) is 3.61. The van der Waals surface area contributed by atoms with Crippen LogP contribution in [0.2, 0.25) is 0 Å². The Hall–Kier alpha value is -0.570. The summed E-state index contributed by atoms with van der Waals surface area (Å²) in [6.45, 7) is 0.259. The summed E-state index contributed by atoms with van der Waals surface area (Å²) in [7, 11) is 0. The maximum absolute atomic E-state index is 10.4. The van der Waals surface area contributed by atoms with Crippen molar-refractivity contribution in [1.82, 2.24) is 0 Å². The van der Waals surface area contributed by atoms with E-state index in [4.69, 9.17) is 10.8 Å². The van der Waals surface area contributed by atoms with Gasteiger partial charge in [0.15, 0.2) is 0 Å². The van der Waals surface area contributed by atoms with E-state index in [9.17, 15) is 4.79 Å². The summed E-state index contributed by atoms with van der Waals surface area (Å²) in [5.41, 5.74) is 4.99. The smallest absolute Gasteiger partial charge is 0.217 e. The Kier molecular flexibility index (Phi) is 2.27. The van der Waals surface area contributed by atoms with Crippen LogP contribution in [0.4, 0.5) is 0 Å². The van der Waals surface area contributed by atoms with Gasteiger partial charge in [0.1, 0.15) is 0 Å². The van der Waals surface area contributed by atoms with Crippen LogP contribution < -0.4 is 5.73 Å². The molecule has 58 valence electrons. The number of amides is 1. The highest BCUT2D eigenvalue weighted by atomic mass is 16.3. The normalized spacial score (nSPS) is 31.3. The van der Waals surface area contributed by atoms with Crippen LogP contribution in [0.5, 0.6) is 0 Å². The van der Waals surface area contributed by atoms with Gasteiger partial charge in [0.05, 0.1) is 0 Å². The molecule has 1 saturated carbocycles. The molecule has 0 aliphatic heterocycles. The molecule has 0 atom stereocenters. The Labute approximate surface area is 60.2 Å². The quantitative estimate of drug-likeness (QED) is 0.578. The molecule has 1 aliphatic rings. The van der Waals surface area contributed by atoms with Gasteiger partial charge in [-0.15, -0.1) is 0 Å². The predicted molar refractivity (Wildman–Crippen MR) is 37.1 cm³/mol. The average Bonchev–Trinajstić information content (AvgIpc) is 1.76. The molecule has 0 saturated heterocycles. The summed E-state index contributed by atoms with van der Waals surface area (Å²) in [4.78, 5) is 10.4. The number of nitrogens with two attached hydrogens (primary N) is 1. The summed E-state index contributed by atoms with van der Waals surface area (Å²) >= 11 is 0. The van der Waals surface area contributed by atoms with E-state index in [1.807, 2.05) is 0 Å². The zero-order chi connectivity index (χ0) is 7.56. The highest BCUT2D eigenvalue weighted by Gasteiger charge is 2.29. The summed E-state index contributed by atoms with van der Waals surface area (Å²) < 4.78 is 0. The highest BCUT2D eigenvalue weighted by Crippen LogP contribution is 2.35. The van der Waals surface area contributed by atoms with Crippen molar-refractivity contribution in [2.45, 2.75) is 19.3 Å². The van der Waals surface area contributed by atoms with Gasteiger partial charge in [-0.1, -0.05) is 0 Å². The second-order valence-electron chi connectivity index (χ2n) is 3.06. The third-order valence-corrected chi connectivity index (χ3v) is 2.08. The molecule has 0 bridgehead atoms.